The highest BCUT2D eigenvalue weighted by atomic mass is 19.2. The van der Waals surface area contributed by atoms with Crippen molar-refractivity contribution in [2.24, 2.45) is 5.73 Å². The van der Waals surface area contributed by atoms with Crippen LogP contribution < -0.4 is 5.73 Å². The molecule has 0 radical (unpaired) electrons. The minimum Gasteiger partial charge on any atom is -0.504 e. The van der Waals surface area contributed by atoms with Crippen LogP contribution in [0.2, 0.25) is 0 Å². The van der Waals surface area contributed by atoms with Crippen molar-refractivity contribution < 1.29 is 18.3 Å². The molecule has 6 heteroatoms. The quantitative estimate of drug-likeness (QED) is 0.352. The van der Waals surface area contributed by atoms with E-state index in [0.29, 0.717) is 0 Å². The van der Waals surface area contributed by atoms with Crippen molar-refractivity contribution >= 4 is 5.84 Å². The molecule has 0 amide bonds. The van der Waals surface area contributed by atoms with Gasteiger partial charge < -0.3 is 10.8 Å². The van der Waals surface area contributed by atoms with E-state index in [0.717, 1.165) is 0 Å². The smallest absolute Gasteiger partial charge is 0.173 e. The third-order valence-electron chi connectivity index (χ3n) is 1.41. The van der Waals surface area contributed by atoms with Gasteiger partial charge in [-0.25, -0.2) is 13.2 Å². The molecule has 0 aromatic heterocycles. The first-order valence-electron chi connectivity index (χ1n) is 3.16. The lowest BCUT2D eigenvalue weighted by Crippen LogP contribution is -2.15. The van der Waals surface area contributed by atoms with E-state index >= 15 is 0 Å². The molecular weight excluding hydrogens is 185 g/mol. The average Bonchev–Trinajstić information content (AvgIpc) is 2.01. The van der Waals surface area contributed by atoms with Crippen molar-refractivity contribution in [3.63, 3.8) is 0 Å². The van der Waals surface area contributed by atoms with Gasteiger partial charge in [-0.2, -0.15) is 0 Å². The van der Waals surface area contributed by atoms with E-state index in [4.69, 9.17) is 16.2 Å². The van der Waals surface area contributed by atoms with Crippen LogP contribution in [0.4, 0.5) is 13.2 Å². The molecule has 0 saturated heterocycles. The van der Waals surface area contributed by atoms with Crippen LogP contribution in [0, 0.1) is 22.9 Å². The molecule has 0 unspecified atom stereocenters. The molecule has 4 N–H and O–H groups in total. The molecule has 3 nitrogen and oxygen atoms in total. The van der Waals surface area contributed by atoms with Crippen LogP contribution in [0.1, 0.15) is 5.56 Å². The molecule has 1 aromatic carbocycles. The van der Waals surface area contributed by atoms with Gasteiger partial charge in [0.1, 0.15) is 5.84 Å². The van der Waals surface area contributed by atoms with Gasteiger partial charge in [0.05, 0.1) is 5.56 Å². The molecule has 70 valence electrons. The summed E-state index contributed by atoms with van der Waals surface area (Å²) >= 11 is 0. The van der Waals surface area contributed by atoms with E-state index in [1.807, 2.05) is 0 Å². The van der Waals surface area contributed by atoms with Gasteiger partial charge in [0.15, 0.2) is 23.2 Å². The van der Waals surface area contributed by atoms with E-state index in [1.165, 1.54) is 0 Å². The maximum absolute atomic E-state index is 12.8. The number of aromatic hydroxyl groups is 1. The number of phenolic OH excluding ortho intramolecular Hbond substituents is 1. The highest BCUT2D eigenvalue weighted by molar-refractivity contribution is 5.97. The summed E-state index contributed by atoms with van der Waals surface area (Å²) in [6.45, 7) is 0. The zero-order valence-electron chi connectivity index (χ0n) is 6.24. The molecule has 0 atom stereocenters. The second kappa shape index (κ2) is 2.96. The van der Waals surface area contributed by atoms with Crippen molar-refractivity contribution in [2.45, 2.75) is 0 Å². The first-order chi connectivity index (χ1) is 5.95. The molecule has 0 bridgehead atoms. The largest absolute Gasteiger partial charge is 0.504 e. The van der Waals surface area contributed by atoms with Crippen LogP contribution in [-0.4, -0.2) is 10.9 Å². The highest BCUT2D eigenvalue weighted by Gasteiger charge is 2.19. The predicted molar refractivity (Wildman–Crippen MR) is 39.0 cm³/mol. The summed E-state index contributed by atoms with van der Waals surface area (Å²) in [4.78, 5) is 0. The summed E-state index contributed by atoms with van der Waals surface area (Å²) in [6.07, 6.45) is 0. The van der Waals surface area contributed by atoms with E-state index < -0.39 is 34.6 Å². The zero-order chi connectivity index (χ0) is 10.2. The Morgan fingerprint density at radius 1 is 1.31 bits per heavy atom. The monoisotopic (exact) mass is 190 g/mol. The Balaban J connectivity index is 3.56. The van der Waals surface area contributed by atoms with Crippen LogP contribution in [-0.2, 0) is 0 Å². The predicted octanol–water partition coefficient (Wildman–Crippen LogP) is 1.09. The maximum Gasteiger partial charge on any atom is 0.173 e. The molecule has 0 aliphatic carbocycles. The van der Waals surface area contributed by atoms with E-state index in [1.54, 1.807) is 0 Å². The standard InChI is InChI=1S/C7H5F3N2O/c8-2-1-3(9)6(13)4(5(2)10)7(11)12/h1,13H,(H3,11,12). The summed E-state index contributed by atoms with van der Waals surface area (Å²) < 4.78 is 37.8. The molecular formula is C7H5F3N2O. The fourth-order valence-corrected chi connectivity index (χ4v) is 0.832. The minimum absolute atomic E-state index is 0.178. The number of hydrogen-bond acceptors (Lipinski definition) is 2. The normalized spacial score (nSPS) is 10.1. The Bertz CT molecular complexity index is 352. The summed E-state index contributed by atoms with van der Waals surface area (Å²) in [7, 11) is 0. The van der Waals surface area contributed by atoms with E-state index in [2.05, 4.69) is 0 Å². The second-order valence-electron chi connectivity index (χ2n) is 2.29. The lowest BCUT2D eigenvalue weighted by atomic mass is 10.1. The Kier molecular flexibility index (Phi) is 2.14. The number of benzene rings is 1. The molecule has 0 aliphatic rings. The molecule has 1 aromatic rings. The molecule has 0 heterocycles. The number of phenols is 1. The third-order valence-corrected chi connectivity index (χ3v) is 1.41. The number of nitrogens with one attached hydrogen (secondary N) is 1. The van der Waals surface area contributed by atoms with Crippen LogP contribution in [0.5, 0.6) is 5.75 Å². The number of hydrogen-bond donors (Lipinski definition) is 3. The third kappa shape index (κ3) is 1.42. The first kappa shape index (κ1) is 9.37. The van der Waals surface area contributed by atoms with Gasteiger partial charge in [0, 0.05) is 6.07 Å². The van der Waals surface area contributed by atoms with Crippen LogP contribution in [0.25, 0.3) is 0 Å². The van der Waals surface area contributed by atoms with Gasteiger partial charge in [-0.1, -0.05) is 0 Å². The number of amidine groups is 1. The van der Waals surface area contributed by atoms with Gasteiger partial charge in [-0.3, -0.25) is 5.41 Å². The van der Waals surface area contributed by atoms with Crippen LogP contribution >= 0.6 is 0 Å². The first-order valence-corrected chi connectivity index (χ1v) is 3.16. The number of halogens is 3. The average molecular weight is 190 g/mol. The molecule has 13 heavy (non-hydrogen) atoms. The van der Waals surface area contributed by atoms with Crippen molar-refractivity contribution in [3.05, 3.63) is 29.1 Å². The Labute approximate surface area is 71.1 Å². The summed E-state index contributed by atoms with van der Waals surface area (Å²) in [5, 5.41) is 15.6. The number of nitrogens with two attached hydrogens (primary N) is 1. The second-order valence-corrected chi connectivity index (χ2v) is 2.29. The lowest BCUT2D eigenvalue weighted by molar-refractivity contribution is 0.411. The van der Waals surface area contributed by atoms with Crippen molar-refractivity contribution in [3.8, 4) is 5.75 Å². The molecule has 0 spiro atoms. The van der Waals surface area contributed by atoms with Crippen LogP contribution in [0.15, 0.2) is 6.07 Å². The van der Waals surface area contributed by atoms with Gasteiger partial charge in [-0.15, -0.1) is 0 Å². The zero-order valence-corrected chi connectivity index (χ0v) is 6.24. The molecule has 1 rings (SSSR count). The minimum atomic E-state index is -1.54. The maximum atomic E-state index is 12.8. The summed E-state index contributed by atoms with van der Waals surface area (Å²) in [5.41, 5.74) is 3.84. The van der Waals surface area contributed by atoms with Crippen LogP contribution in [0.3, 0.4) is 0 Å². The van der Waals surface area contributed by atoms with E-state index in [9.17, 15) is 13.2 Å². The Hall–Kier alpha value is -1.72. The van der Waals surface area contributed by atoms with Gasteiger partial charge in [0.2, 0.25) is 0 Å². The Morgan fingerprint density at radius 2 is 1.85 bits per heavy atom. The molecule has 0 fully saturated rings. The molecule has 0 aliphatic heterocycles. The van der Waals surface area contributed by atoms with Gasteiger partial charge in [-0.05, 0) is 0 Å². The summed E-state index contributed by atoms with van der Waals surface area (Å²) in [5.74, 6) is -6.49. The Morgan fingerprint density at radius 3 is 2.31 bits per heavy atom. The topological polar surface area (TPSA) is 70.1 Å². The fraction of sp³-hybridized carbons (Fsp3) is 0. The van der Waals surface area contributed by atoms with Crippen molar-refractivity contribution in [1.29, 1.82) is 5.41 Å². The fourth-order valence-electron chi connectivity index (χ4n) is 0.832. The van der Waals surface area contributed by atoms with Gasteiger partial charge >= 0.3 is 0 Å². The highest BCUT2D eigenvalue weighted by Crippen LogP contribution is 2.25. The SMILES string of the molecule is N=C(N)c1c(O)c(F)cc(F)c1F. The molecule has 0 saturated carbocycles. The van der Waals surface area contributed by atoms with E-state index in [-0.39, 0.29) is 6.07 Å². The summed E-state index contributed by atoms with van der Waals surface area (Å²) in [6, 6.07) is 0.178. The van der Waals surface area contributed by atoms with Crippen molar-refractivity contribution in [1.82, 2.24) is 0 Å². The number of rotatable bonds is 1. The van der Waals surface area contributed by atoms with Crippen molar-refractivity contribution in [2.75, 3.05) is 0 Å². The lowest BCUT2D eigenvalue weighted by Gasteiger charge is -2.05. The van der Waals surface area contributed by atoms with Gasteiger partial charge in [0.25, 0.3) is 0 Å². The number of nitrogen functional groups attached to an aromatic ring is 1.